The van der Waals surface area contributed by atoms with Crippen molar-refractivity contribution >= 4 is 29.2 Å². The molecule has 1 saturated heterocycles. The first kappa shape index (κ1) is 18.3. The molecule has 0 bridgehead atoms. The highest BCUT2D eigenvalue weighted by Gasteiger charge is 2.32. The molecule has 3 N–H and O–H groups in total. The van der Waals surface area contributed by atoms with E-state index in [-0.39, 0.29) is 23.8 Å². The van der Waals surface area contributed by atoms with Crippen LogP contribution in [0.1, 0.15) is 38.6 Å². The fraction of sp³-hybridized carbons (Fsp3) is 0.600. The molecule has 2 heterocycles. The third kappa shape index (κ3) is 4.51. The van der Waals surface area contributed by atoms with Crippen LogP contribution in [0.25, 0.3) is 0 Å². The van der Waals surface area contributed by atoms with Crippen molar-refractivity contribution in [2.45, 2.75) is 39.2 Å². The van der Waals surface area contributed by atoms with Crippen LogP contribution >= 0.6 is 11.3 Å². The van der Waals surface area contributed by atoms with Gasteiger partial charge in [0.2, 0.25) is 5.91 Å². The first-order chi connectivity index (χ1) is 11.2. The smallest absolute Gasteiger partial charge is 0.410 e. The maximum Gasteiger partial charge on any atom is 0.410 e. The van der Waals surface area contributed by atoms with Crippen LogP contribution < -0.4 is 5.84 Å². The van der Waals surface area contributed by atoms with E-state index in [4.69, 9.17) is 16.0 Å². The molecule has 8 nitrogen and oxygen atoms in total. The van der Waals surface area contributed by atoms with Gasteiger partial charge in [-0.2, -0.15) is 0 Å². The maximum atomic E-state index is 12.4. The minimum atomic E-state index is -0.541. The molecule has 1 aromatic rings. The summed E-state index contributed by atoms with van der Waals surface area (Å²) >= 11 is 1.25. The largest absolute Gasteiger partial charge is 0.444 e. The van der Waals surface area contributed by atoms with Crippen molar-refractivity contribution in [2.24, 2.45) is 11.8 Å². The van der Waals surface area contributed by atoms with Gasteiger partial charge in [-0.25, -0.2) is 20.6 Å². The Morgan fingerprint density at radius 3 is 2.54 bits per heavy atom. The van der Waals surface area contributed by atoms with E-state index in [0.717, 1.165) is 5.01 Å². The summed E-state index contributed by atoms with van der Waals surface area (Å²) < 4.78 is 5.33. The second-order valence-corrected chi connectivity index (χ2v) is 7.53. The Balaban J connectivity index is 1.88. The van der Waals surface area contributed by atoms with Crippen molar-refractivity contribution < 1.29 is 14.3 Å². The lowest BCUT2D eigenvalue weighted by molar-refractivity contribution is -0.133. The normalized spacial score (nSPS) is 15.9. The number of nitrogens with one attached hydrogen (secondary N) is 1. The predicted molar refractivity (Wildman–Crippen MR) is 90.5 cm³/mol. The summed E-state index contributed by atoms with van der Waals surface area (Å²) in [6, 6.07) is 0. The number of ether oxygens (including phenoxy) is 1. The van der Waals surface area contributed by atoms with Crippen molar-refractivity contribution in [1.29, 1.82) is 5.41 Å². The number of carbonyl (C=O) groups excluding carboxylic acids is 2. The third-order valence-electron chi connectivity index (χ3n) is 3.61. The first-order valence-corrected chi connectivity index (χ1v) is 8.62. The molecule has 0 atom stereocenters. The van der Waals surface area contributed by atoms with Crippen LogP contribution in [0.3, 0.4) is 0 Å². The molecular formula is C15H23N5O3S. The third-order valence-corrected chi connectivity index (χ3v) is 4.39. The van der Waals surface area contributed by atoms with Crippen molar-refractivity contribution in [3.05, 3.63) is 16.6 Å². The van der Waals surface area contributed by atoms with Crippen molar-refractivity contribution in [3.63, 3.8) is 0 Å². The van der Waals surface area contributed by atoms with Crippen molar-refractivity contribution in [1.82, 2.24) is 14.9 Å². The molecule has 1 aliphatic heterocycles. The Morgan fingerprint density at radius 1 is 1.42 bits per heavy atom. The number of rotatable bonds is 2. The number of nitrogens with zero attached hydrogens (tertiary/aromatic N) is 3. The Morgan fingerprint density at radius 2 is 2.04 bits per heavy atom. The van der Waals surface area contributed by atoms with E-state index in [2.05, 4.69) is 4.98 Å². The van der Waals surface area contributed by atoms with E-state index >= 15 is 0 Å². The fourth-order valence-corrected chi connectivity index (χ4v) is 2.97. The quantitative estimate of drug-likeness (QED) is 0.277. The highest BCUT2D eigenvalue weighted by Crippen LogP contribution is 2.21. The number of hydrazine groups is 1. The number of aromatic nitrogens is 1. The molecular weight excluding hydrogens is 330 g/mol. The zero-order valence-corrected chi connectivity index (χ0v) is 14.9. The van der Waals surface area contributed by atoms with Gasteiger partial charge < -0.3 is 9.64 Å². The molecule has 1 fully saturated rings. The molecule has 0 radical (unpaired) electrons. The highest BCUT2D eigenvalue weighted by atomic mass is 32.1. The molecule has 0 spiro atoms. The zero-order valence-electron chi connectivity index (χ0n) is 14.1. The summed E-state index contributed by atoms with van der Waals surface area (Å²) in [6.45, 7) is 6.32. The van der Waals surface area contributed by atoms with E-state index < -0.39 is 5.60 Å². The minimum absolute atomic E-state index is 0.107. The van der Waals surface area contributed by atoms with Crippen LogP contribution in [0.15, 0.2) is 11.6 Å². The van der Waals surface area contributed by atoms with Gasteiger partial charge in [-0.05, 0) is 33.6 Å². The van der Waals surface area contributed by atoms with Gasteiger partial charge in [-0.3, -0.25) is 10.2 Å². The molecule has 0 aromatic carbocycles. The average Bonchev–Trinajstić information content (AvgIpc) is 3.05. The number of piperidine rings is 1. The second-order valence-electron chi connectivity index (χ2n) is 6.64. The number of amides is 2. The predicted octanol–water partition coefficient (Wildman–Crippen LogP) is 1.82. The van der Waals surface area contributed by atoms with E-state index in [1.807, 2.05) is 20.8 Å². The summed E-state index contributed by atoms with van der Waals surface area (Å²) in [4.78, 5) is 30.1. The number of likely N-dealkylation sites (tertiary alicyclic amines) is 1. The number of carbonyl (C=O) groups is 2. The highest BCUT2D eigenvalue weighted by molar-refractivity contribution is 7.11. The summed E-state index contributed by atoms with van der Waals surface area (Å²) in [7, 11) is 0. The van der Waals surface area contributed by atoms with Crippen LogP contribution in [0.2, 0.25) is 0 Å². The van der Waals surface area contributed by atoms with E-state index in [9.17, 15) is 9.59 Å². The van der Waals surface area contributed by atoms with Crippen LogP contribution in [0.5, 0.6) is 0 Å². The number of hydrogen-bond acceptors (Lipinski definition) is 7. The van der Waals surface area contributed by atoms with Crippen molar-refractivity contribution in [3.8, 4) is 0 Å². The van der Waals surface area contributed by atoms with Crippen LogP contribution in [-0.4, -0.2) is 51.4 Å². The zero-order chi connectivity index (χ0) is 17.9. The first-order valence-electron chi connectivity index (χ1n) is 7.74. The average molecular weight is 353 g/mol. The summed E-state index contributed by atoms with van der Waals surface area (Å²) in [5.74, 6) is 5.04. The van der Waals surface area contributed by atoms with Gasteiger partial charge in [0.25, 0.3) is 0 Å². The molecule has 0 saturated carbocycles. The Bertz CT molecular complexity index is 603. The van der Waals surface area contributed by atoms with Crippen molar-refractivity contribution in [2.75, 3.05) is 13.1 Å². The molecule has 132 valence electrons. The molecule has 9 heteroatoms. The minimum Gasteiger partial charge on any atom is -0.444 e. The number of hydrogen-bond donors (Lipinski definition) is 2. The molecule has 2 rings (SSSR count). The van der Waals surface area contributed by atoms with E-state index in [1.165, 1.54) is 11.3 Å². The van der Waals surface area contributed by atoms with E-state index in [1.54, 1.807) is 16.5 Å². The monoisotopic (exact) mass is 353 g/mol. The molecule has 1 aromatic heterocycles. The SMILES string of the molecule is CC(C)(C)OC(=O)N1CCC(C(=O)N(N)C(=N)c2nccs2)CC1. The summed E-state index contributed by atoms with van der Waals surface area (Å²) in [5.41, 5.74) is -0.541. The van der Waals surface area contributed by atoms with E-state index in [0.29, 0.717) is 30.9 Å². The number of amidine groups is 1. The van der Waals surface area contributed by atoms with Gasteiger partial charge in [0.05, 0.1) is 0 Å². The van der Waals surface area contributed by atoms with Gasteiger partial charge in [0, 0.05) is 30.6 Å². The summed E-state index contributed by atoms with van der Waals surface area (Å²) in [5, 5.41) is 10.9. The standard InChI is InChI=1S/C15H23N5O3S/c1-15(2,3)23-14(22)19-7-4-10(5-8-19)13(21)20(17)11(16)12-18-6-9-24-12/h6,9-10,16H,4-5,7-8,17H2,1-3H3. The maximum absolute atomic E-state index is 12.4. The van der Waals surface area contributed by atoms with Gasteiger partial charge in [0.1, 0.15) is 5.60 Å². The molecule has 2 amide bonds. The fourth-order valence-electron chi connectivity index (χ4n) is 2.39. The lowest BCUT2D eigenvalue weighted by Gasteiger charge is -2.33. The van der Waals surface area contributed by atoms with Gasteiger partial charge in [0.15, 0.2) is 10.8 Å². The van der Waals surface area contributed by atoms with Gasteiger partial charge in [-0.15, -0.1) is 11.3 Å². The Labute approximate surface area is 145 Å². The Hall–Kier alpha value is -2.00. The number of nitrogens with two attached hydrogens (primary N) is 1. The Kier molecular flexibility index (Phi) is 5.55. The van der Waals surface area contributed by atoms with Gasteiger partial charge >= 0.3 is 6.09 Å². The van der Waals surface area contributed by atoms with Crippen LogP contribution in [-0.2, 0) is 9.53 Å². The van der Waals surface area contributed by atoms with Crippen LogP contribution in [0.4, 0.5) is 4.79 Å². The number of thiazole rings is 1. The molecule has 0 unspecified atom stereocenters. The summed E-state index contributed by atoms with van der Waals surface area (Å²) in [6.07, 6.45) is 2.19. The molecule has 0 aliphatic carbocycles. The topological polar surface area (TPSA) is 113 Å². The lowest BCUT2D eigenvalue weighted by Crippen LogP contribution is -2.49. The molecule has 24 heavy (non-hydrogen) atoms. The van der Waals surface area contributed by atoms with Crippen LogP contribution in [0, 0.1) is 11.3 Å². The second kappa shape index (κ2) is 7.27. The van der Waals surface area contributed by atoms with Gasteiger partial charge in [-0.1, -0.05) is 0 Å². The molecule has 1 aliphatic rings. The lowest BCUT2D eigenvalue weighted by atomic mass is 9.96.